The quantitative estimate of drug-likeness (QED) is 0.542. The highest BCUT2D eigenvalue weighted by atomic mass is 16.5. The van der Waals surface area contributed by atoms with E-state index in [2.05, 4.69) is 15.5 Å². The molecule has 4 aliphatic carbocycles. The third-order valence-corrected chi connectivity index (χ3v) is 8.77. The summed E-state index contributed by atoms with van der Waals surface area (Å²) in [6, 6.07) is 15.5. The van der Waals surface area contributed by atoms with Crippen molar-refractivity contribution in [1.82, 2.24) is 15.5 Å². The Morgan fingerprint density at radius 1 is 0.944 bits per heavy atom. The second kappa shape index (κ2) is 10.3. The maximum atomic E-state index is 13.2. The van der Waals surface area contributed by atoms with E-state index in [0.717, 1.165) is 53.9 Å². The van der Waals surface area contributed by atoms with Crippen molar-refractivity contribution in [3.63, 3.8) is 0 Å². The van der Waals surface area contributed by atoms with Crippen LogP contribution in [0.5, 0.6) is 5.75 Å². The molecule has 36 heavy (non-hydrogen) atoms. The van der Waals surface area contributed by atoms with Gasteiger partial charge < -0.3 is 20.3 Å². The summed E-state index contributed by atoms with van der Waals surface area (Å²) >= 11 is 0. The Kier molecular flexibility index (Phi) is 7.07. The first-order chi connectivity index (χ1) is 17.4. The van der Waals surface area contributed by atoms with Crippen molar-refractivity contribution >= 4 is 11.8 Å². The van der Waals surface area contributed by atoms with Gasteiger partial charge in [0.15, 0.2) is 0 Å². The van der Waals surface area contributed by atoms with Gasteiger partial charge >= 0.3 is 0 Å². The lowest BCUT2D eigenvalue weighted by atomic mass is 9.49. The van der Waals surface area contributed by atoms with Crippen LogP contribution in [-0.2, 0) is 11.3 Å². The Balaban J connectivity index is 1.15. The van der Waals surface area contributed by atoms with Crippen LogP contribution in [0.4, 0.5) is 0 Å². The van der Waals surface area contributed by atoms with Crippen LogP contribution in [0, 0.1) is 23.2 Å². The highest BCUT2D eigenvalue weighted by Crippen LogP contribution is 2.60. The molecule has 2 aromatic carbocycles. The molecule has 0 spiro atoms. The molecule has 6 nitrogen and oxygen atoms in total. The first-order valence-corrected chi connectivity index (χ1v) is 13.3. The Hall–Kier alpha value is -2.86. The number of carbonyl (C=O) groups is 2. The fourth-order valence-corrected chi connectivity index (χ4v) is 7.34. The maximum Gasteiger partial charge on any atom is 0.251 e. The number of rotatable bonds is 9. The third-order valence-electron chi connectivity index (χ3n) is 8.77. The molecule has 4 saturated carbocycles. The molecular formula is C30H39N3O3. The van der Waals surface area contributed by atoms with E-state index < -0.39 is 0 Å². The molecule has 0 aliphatic heterocycles. The van der Waals surface area contributed by atoms with Crippen molar-refractivity contribution in [3.05, 3.63) is 65.2 Å². The molecule has 2 aromatic rings. The Labute approximate surface area is 214 Å². The van der Waals surface area contributed by atoms with E-state index >= 15 is 0 Å². The predicted octanol–water partition coefficient (Wildman–Crippen LogP) is 4.56. The van der Waals surface area contributed by atoms with Crippen molar-refractivity contribution in [3.8, 4) is 5.75 Å². The number of amides is 2. The van der Waals surface area contributed by atoms with Gasteiger partial charge in [-0.05, 0) is 94.1 Å². The SMILES string of the molecule is COc1ccccc1C(CNC(=O)c1ccc(CNC(=O)C23CC4CC(CC(C4)C2)C3)cc1)N(C)C. The standard InChI is InChI=1S/C30H39N3O3/c1-33(2)26(25-6-4-5-7-27(25)36-3)19-31-28(34)24-10-8-20(9-11-24)18-32-29(35)30-15-21-12-22(16-30)14-23(13-21)17-30/h4-11,21-23,26H,12-19H2,1-3H3,(H,31,34)(H,32,35). The Morgan fingerprint density at radius 3 is 2.14 bits per heavy atom. The van der Waals surface area contributed by atoms with Crippen molar-refractivity contribution in [2.75, 3.05) is 27.7 Å². The van der Waals surface area contributed by atoms with E-state index in [4.69, 9.17) is 4.74 Å². The molecule has 4 aliphatic rings. The molecular weight excluding hydrogens is 450 g/mol. The number of hydrogen-bond donors (Lipinski definition) is 2. The van der Waals surface area contributed by atoms with Crippen LogP contribution < -0.4 is 15.4 Å². The highest BCUT2D eigenvalue weighted by Gasteiger charge is 2.54. The second-order valence-corrected chi connectivity index (χ2v) is 11.5. The van der Waals surface area contributed by atoms with Crippen LogP contribution in [-0.4, -0.2) is 44.5 Å². The second-order valence-electron chi connectivity index (χ2n) is 11.5. The first kappa shape index (κ1) is 24.8. The normalized spacial score (nSPS) is 27.1. The number of likely N-dealkylation sites (N-methyl/N-ethyl adjacent to an activating group) is 1. The number of carbonyl (C=O) groups excluding carboxylic acids is 2. The third kappa shape index (κ3) is 5.01. The van der Waals surface area contributed by atoms with Gasteiger partial charge in [0.25, 0.3) is 5.91 Å². The van der Waals surface area contributed by atoms with Crippen LogP contribution in [0.3, 0.4) is 0 Å². The summed E-state index contributed by atoms with van der Waals surface area (Å²) in [7, 11) is 5.66. The summed E-state index contributed by atoms with van der Waals surface area (Å²) in [6.07, 6.45) is 7.24. The minimum Gasteiger partial charge on any atom is -0.496 e. The summed E-state index contributed by atoms with van der Waals surface area (Å²) in [4.78, 5) is 28.2. The Bertz CT molecular complexity index is 1060. The molecule has 0 radical (unpaired) electrons. The summed E-state index contributed by atoms with van der Waals surface area (Å²) in [5.41, 5.74) is 2.54. The van der Waals surface area contributed by atoms with Gasteiger partial charge in [-0.3, -0.25) is 9.59 Å². The maximum absolute atomic E-state index is 13.2. The minimum absolute atomic E-state index is 0.0100. The highest BCUT2D eigenvalue weighted by molar-refractivity contribution is 5.94. The van der Waals surface area contributed by atoms with Gasteiger partial charge in [-0.15, -0.1) is 0 Å². The molecule has 0 aromatic heterocycles. The zero-order valence-corrected chi connectivity index (χ0v) is 21.8. The van der Waals surface area contributed by atoms with Gasteiger partial charge in [0.05, 0.1) is 13.2 Å². The van der Waals surface area contributed by atoms with E-state index in [0.29, 0.717) is 18.7 Å². The summed E-state index contributed by atoms with van der Waals surface area (Å²) in [5.74, 6) is 3.22. The van der Waals surface area contributed by atoms with Crippen LogP contribution >= 0.6 is 0 Å². The molecule has 2 N–H and O–H groups in total. The number of methoxy groups -OCH3 is 1. The molecule has 0 heterocycles. The molecule has 4 bridgehead atoms. The molecule has 1 atom stereocenters. The fourth-order valence-electron chi connectivity index (χ4n) is 7.34. The van der Waals surface area contributed by atoms with E-state index in [9.17, 15) is 9.59 Å². The van der Waals surface area contributed by atoms with Crippen molar-refractivity contribution in [2.45, 2.75) is 51.1 Å². The summed E-state index contributed by atoms with van der Waals surface area (Å²) in [6.45, 7) is 0.980. The van der Waals surface area contributed by atoms with E-state index in [1.807, 2.05) is 62.6 Å². The van der Waals surface area contributed by atoms with Crippen molar-refractivity contribution in [2.24, 2.45) is 23.2 Å². The van der Waals surface area contributed by atoms with Crippen LogP contribution in [0.15, 0.2) is 48.5 Å². The van der Waals surface area contributed by atoms with Crippen LogP contribution in [0.2, 0.25) is 0 Å². The lowest BCUT2D eigenvalue weighted by molar-refractivity contribution is -0.146. The van der Waals surface area contributed by atoms with Gasteiger partial charge in [-0.25, -0.2) is 0 Å². The molecule has 6 heteroatoms. The average Bonchev–Trinajstić information content (AvgIpc) is 2.87. The largest absolute Gasteiger partial charge is 0.496 e. The van der Waals surface area contributed by atoms with Gasteiger partial charge in [0.2, 0.25) is 5.91 Å². The molecule has 1 unspecified atom stereocenters. The predicted molar refractivity (Wildman–Crippen MR) is 141 cm³/mol. The lowest BCUT2D eigenvalue weighted by Crippen LogP contribution is -2.53. The Morgan fingerprint density at radius 2 is 1.56 bits per heavy atom. The molecule has 2 amide bonds. The van der Waals surface area contributed by atoms with E-state index in [1.165, 1.54) is 19.3 Å². The lowest BCUT2D eigenvalue weighted by Gasteiger charge is -2.55. The van der Waals surface area contributed by atoms with Gasteiger partial charge in [-0.2, -0.15) is 0 Å². The van der Waals surface area contributed by atoms with E-state index in [-0.39, 0.29) is 23.3 Å². The van der Waals surface area contributed by atoms with Gasteiger partial charge in [0.1, 0.15) is 5.75 Å². The number of para-hydroxylation sites is 1. The average molecular weight is 490 g/mol. The zero-order valence-electron chi connectivity index (χ0n) is 21.8. The monoisotopic (exact) mass is 489 g/mol. The number of nitrogens with zero attached hydrogens (tertiary/aromatic N) is 1. The van der Waals surface area contributed by atoms with Crippen LogP contribution in [0.25, 0.3) is 0 Å². The molecule has 6 rings (SSSR count). The molecule has 192 valence electrons. The molecule has 4 fully saturated rings. The fraction of sp³-hybridized carbons (Fsp3) is 0.533. The zero-order chi connectivity index (χ0) is 25.3. The number of ether oxygens (including phenoxy) is 1. The summed E-state index contributed by atoms with van der Waals surface area (Å²) in [5, 5.41) is 6.30. The van der Waals surface area contributed by atoms with Crippen LogP contribution in [0.1, 0.15) is 66.1 Å². The summed E-state index contributed by atoms with van der Waals surface area (Å²) < 4.78 is 5.52. The molecule has 0 saturated heterocycles. The van der Waals surface area contributed by atoms with Gasteiger partial charge in [0, 0.05) is 29.6 Å². The minimum atomic E-state index is -0.126. The number of benzene rings is 2. The first-order valence-electron chi connectivity index (χ1n) is 13.3. The van der Waals surface area contributed by atoms with Crippen molar-refractivity contribution in [1.29, 1.82) is 0 Å². The smallest absolute Gasteiger partial charge is 0.251 e. The topological polar surface area (TPSA) is 70.7 Å². The van der Waals surface area contributed by atoms with Gasteiger partial charge in [-0.1, -0.05) is 30.3 Å². The number of nitrogens with one attached hydrogen (secondary N) is 2. The van der Waals surface area contributed by atoms with Crippen molar-refractivity contribution < 1.29 is 14.3 Å². The van der Waals surface area contributed by atoms with E-state index in [1.54, 1.807) is 7.11 Å². The number of hydrogen-bond acceptors (Lipinski definition) is 4.